The van der Waals surface area contributed by atoms with Crippen molar-refractivity contribution in [2.24, 2.45) is 0 Å². The van der Waals surface area contributed by atoms with Crippen LogP contribution in [-0.4, -0.2) is 32.5 Å². The SMILES string of the molecule is C#CC1(O)CCc2c(O)c3c(c(O)c2C1)C(=O)c1cscc1C3=O. The summed E-state index contributed by atoms with van der Waals surface area (Å²) in [6, 6.07) is 0. The summed E-state index contributed by atoms with van der Waals surface area (Å²) in [5.74, 6) is 0.634. The quantitative estimate of drug-likeness (QED) is 0.428. The number of thiophene rings is 1. The van der Waals surface area contributed by atoms with Crippen LogP contribution in [0.3, 0.4) is 0 Å². The molecule has 6 heteroatoms. The third-order valence-electron chi connectivity index (χ3n) is 4.79. The number of carbonyl (C=O) groups is 2. The highest BCUT2D eigenvalue weighted by atomic mass is 32.1. The molecule has 0 saturated heterocycles. The van der Waals surface area contributed by atoms with Crippen LogP contribution in [0.25, 0.3) is 0 Å². The van der Waals surface area contributed by atoms with Crippen molar-refractivity contribution in [3.63, 3.8) is 0 Å². The van der Waals surface area contributed by atoms with Gasteiger partial charge >= 0.3 is 0 Å². The minimum atomic E-state index is -1.44. The van der Waals surface area contributed by atoms with E-state index in [4.69, 9.17) is 6.42 Å². The van der Waals surface area contributed by atoms with Crippen molar-refractivity contribution in [3.8, 4) is 23.8 Å². The first-order valence-electron chi connectivity index (χ1n) is 7.33. The van der Waals surface area contributed by atoms with E-state index in [-0.39, 0.29) is 58.6 Å². The lowest BCUT2D eigenvalue weighted by Crippen LogP contribution is -2.35. The lowest BCUT2D eigenvalue weighted by Gasteiger charge is -2.32. The Labute approximate surface area is 141 Å². The number of benzene rings is 1. The first kappa shape index (κ1) is 14.9. The first-order valence-corrected chi connectivity index (χ1v) is 8.27. The van der Waals surface area contributed by atoms with Gasteiger partial charge in [-0.15, -0.1) is 6.42 Å². The molecule has 0 fully saturated rings. The number of carbonyl (C=O) groups excluding carboxylic acids is 2. The number of phenolic OH excluding ortho intramolecular Hbond substituents is 2. The molecular weight excluding hydrogens is 328 g/mol. The molecule has 5 nitrogen and oxygen atoms in total. The Hall–Kier alpha value is -2.62. The Morgan fingerprint density at radius 1 is 1.04 bits per heavy atom. The average molecular weight is 340 g/mol. The van der Waals surface area contributed by atoms with Gasteiger partial charge in [0.05, 0.1) is 11.1 Å². The van der Waals surface area contributed by atoms with Gasteiger partial charge in [-0.2, -0.15) is 11.3 Å². The zero-order chi connectivity index (χ0) is 17.2. The number of ketones is 2. The minimum Gasteiger partial charge on any atom is -0.507 e. The monoisotopic (exact) mass is 340 g/mol. The van der Waals surface area contributed by atoms with Crippen molar-refractivity contribution in [2.75, 3.05) is 0 Å². The second kappa shape index (κ2) is 4.69. The molecule has 3 N–H and O–H groups in total. The summed E-state index contributed by atoms with van der Waals surface area (Å²) in [5, 5.41) is 34.6. The van der Waals surface area contributed by atoms with Gasteiger partial charge in [-0.3, -0.25) is 9.59 Å². The van der Waals surface area contributed by atoms with E-state index in [1.165, 1.54) is 11.3 Å². The van der Waals surface area contributed by atoms with Gasteiger partial charge in [0.15, 0.2) is 11.6 Å². The maximum Gasteiger partial charge on any atom is 0.199 e. The molecule has 0 amide bonds. The molecule has 0 bridgehead atoms. The Morgan fingerprint density at radius 3 is 2.12 bits per heavy atom. The molecule has 1 heterocycles. The molecule has 0 aliphatic heterocycles. The molecule has 1 unspecified atom stereocenters. The molecule has 2 aliphatic carbocycles. The molecule has 1 aromatic heterocycles. The maximum absolute atomic E-state index is 12.7. The zero-order valence-electron chi connectivity index (χ0n) is 12.4. The third-order valence-corrected chi connectivity index (χ3v) is 5.53. The van der Waals surface area contributed by atoms with E-state index in [0.29, 0.717) is 5.56 Å². The minimum absolute atomic E-state index is 0.0799. The molecule has 0 spiro atoms. The Morgan fingerprint density at radius 2 is 1.58 bits per heavy atom. The normalized spacial score (nSPS) is 21.7. The van der Waals surface area contributed by atoms with Crippen molar-refractivity contribution in [3.05, 3.63) is 44.1 Å². The van der Waals surface area contributed by atoms with Crippen LogP contribution >= 0.6 is 11.3 Å². The third kappa shape index (κ3) is 1.74. The standard InChI is InChI=1S/C18H12O5S/c1-2-18(23)4-3-8-9(5-18)15(20)13-12(14(8)19)16(21)10-6-24-7-11(10)17(13)22/h1,6-7,19-20,23H,3-5H2. The van der Waals surface area contributed by atoms with Crippen LogP contribution in [0.1, 0.15) is 49.4 Å². The largest absolute Gasteiger partial charge is 0.507 e. The van der Waals surface area contributed by atoms with Gasteiger partial charge in [-0.05, 0) is 12.8 Å². The van der Waals surface area contributed by atoms with Gasteiger partial charge in [0.25, 0.3) is 0 Å². The lowest BCUT2D eigenvalue weighted by molar-refractivity contribution is 0.0845. The van der Waals surface area contributed by atoms with Gasteiger partial charge in [0.1, 0.15) is 17.1 Å². The Bertz CT molecular complexity index is 978. The smallest absolute Gasteiger partial charge is 0.199 e. The van der Waals surface area contributed by atoms with E-state index in [1.807, 2.05) is 0 Å². The Balaban J connectivity index is 2.03. The first-order chi connectivity index (χ1) is 11.4. The van der Waals surface area contributed by atoms with Gasteiger partial charge in [0.2, 0.25) is 0 Å². The summed E-state index contributed by atoms with van der Waals surface area (Å²) in [7, 11) is 0. The summed E-state index contributed by atoms with van der Waals surface area (Å²) in [6.07, 6.45) is 5.69. The second-order valence-corrected chi connectivity index (χ2v) is 6.86. The molecule has 0 saturated carbocycles. The van der Waals surface area contributed by atoms with Crippen LogP contribution in [0.4, 0.5) is 0 Å². The van der Waals surface area contributed by atoms with Crippen LogP contribution < -0.4 is 0 Å². The summed E-state index contributed by atoms with van der Waals surface area (Å²) in [5.41, 5.74) is -0.751. The van der Waals surface area contributed by atoms with Crippen LogP contribution in [0, 0.1) is 12.3 Å². The second-order valence-electron chi connectivity index (χ2n) is 6.11. The number of hydrogen-bond donors (Lipinski definition) is 3. The van der Waals surface area contributed by atoms with E-state index >= 15 is 0 Å². The van der Waals surface area contributed by atoms with E-state index in [1.54, 1.807) is 10.8 Å². The van der Waals surface area contributed by atoms with E-state index < -0.39 is 17.2 Å². The van der Waals surface area contributed by atoms with E-state index in [0.717, 1.165) is 0 Å². The molecule has 2 aromatic rings. The van der Waals surface area contributed by atoms with Gasteiger partial charge in [-0.1, -0.05) is 5.92 Å². The number of aliphatic hydroxyl groups is 1. The van der Waals surface area contributed by atoms with Crippen molar-refractivity contribution < 1.29 is 24.9 Å². The molecule has 2 aliphatic rings. The number of fused-ring (bicyclic) bond motifs is 3. The number of rotatable bonds is 0. The zero-order valence-corrected chi connectivity index (χ0v) is 13.2. The van der Waals surface area contributed by atoms with E-state index in [9.17, 15) is 24.9 Å². The van der Waals surface area contributed by atoms with E-state index in [2.05, 4.69) is 5.92 Å². The lowest BCUT2D eigenvalue weighted by atomic mass is 9.75. The van der Waals surface area contributed by atoms with Crippen molar-refractivity contribution >= 4 is 22.9 Å². The fourth-order valence-corrected chi connectivity index (χ4v) is 4.29. The van der Waals surface area contributed by atoms with Crippen molar-refractivity contribution in [1.82, 2.24) is 0 Å². The number of terminal acetylenes is 1. The molecule has 0 radical (unpaired) electrons. The number of phenols is 2. The van der Waals surface area contributed by atoms with Crippen LogP contribution in [0.2, 0.25) is 0 Å². The molecule has 120 valence electrons. The predicted molar refractivity (Wildman–Crippen MR) is 86.8 cm³/mol. The highest BCUT2D eigenvalue weighted by Gasteiger charge is 2.41. The molecule has 24 heavy (non-hydrogen) atoms. The van der Waals surface area contributed by atoms with Gasteiger partial charge in [-0.25, -0.2) is 0 Å². The van der Waals surface area contributed by atoms with Gasteiger partial charge < -0.3 is 15.3 Å². The summed E-state index contributed by atoms with van der Waals surface area (Å²) >= 11 is 1.21. The Kier molecular flexibility index (Phi) is 2.92. The van der Waals surface area contributed by atoms with Crippen LogP contribution in [0.5, 0.6) is 11.5 Å². The van der Waals surface area contributed by atoms with Gasteiger partial charge in [0, 0.05) is 39.4 Å². The number of hydrogen-bond acceptors (Lipinski definition) is 6. The molecule has 4 rings (SSSR count). The maximum atomic E-state index is 12.7. The fraction of sp³-hybridized carbons (Fsp3) is 0.222. The number of aromatic hydroxyl groups is 2. The van der Waals surface area contributed by atoms with Crippen molar-refractivity contribution in [1.29, 1.82) is 0 Å². The average Bonchev–Trinajstić information content (AvgIpc) is 3.06. The summed E-state index contributed by atoms with van der Waals surface area (Å²) in [4.78, 5) is 25.3. The van der Waals surface area contributed by atoms with Crippen molar-refractivity contribution in [2.45, 2.75) is 24.9 Å². The topological polar surface area (TPSA) is 94.8 Å². The van der Waals surface area contributed by atoms with Crippen LogP contribution in [0.15, 0.2) is 10.8 Å². The molecule has 1 aromatic carbocycles. The molecular formula is C18H12O5S. The van der Waals surface area contributed by atoms with Crippen LogP contribution in [-0.2, 0) is 12.8 Å². The fourth-order valence-electron chi connectivity index (χ4n) is 3.48. The summed E-state index contributed by atoms with van der Waals surface area (Å²) < 4.78 is 0. The summed E-state index contributed by atoms with van der Waals surface area (Å²) in [6.45, 7) is 0. The highest BCUT2D eigenvalue weighted by molar-refractivity contribution is 7.08. The molecule has 1 atom stereocenters. The predicted octanol–water partition coefficient (Wildman–Crippen LogP) is 1.79. The highest BCUT2D eigenvalue weighted by Crippen LogP contribution is 2.47.